The van der Waals surface area contributed by atoms with Gasteiger partial charge in [0, 0.05) is 11.1 Å². The maximum Gasteiger partial charge on any atom is 0.159 e. The molecule has 0 atom stereocenters. The van der Waals surface area contributed by atoms with Gasteiger partial charge in [-0.1, -0.05) is 42.5 Å². The van der Waals surface area contributed by atoms with Crippen LogP contribution in [0.1, 0.15) is 22.8 Å². The topological polar surface area (TPSA) is 105 Å². The third-order valence-corrected chi connectivity index (χ3v) is 3.32. The average molecular weight is 292 g/mol. The molecular formula is C17H16N4O. The zero-order valence-electron chi connectivity index (χ0n) is 12.1. The molecule has 0 fully saturated rings. The number of Topliss-reactive ketones (excluding diaryl/α,β-unsaturated/α-hetero) is 1. The summed E-state index contributed by atoms with van der Waals surface area (Å²) in [5.41, 5.74) is 11.9. The van der Waals surface area contributed by atoms with E-state index in [1.54, 1.807) is 18.2 Å². The Morgan fingerprint density at radius 2 is 1.77 bits per heavy atom. The van der Waals surface area contributed by atoms with Crippen molar-refractivity contribution in [2.24, 2.45) is 11.6 Å². The Hall–Kier alpha value is -3.10. The van der Waals surface area contributed by atoms with Crippen LogP contribution < -0.4 is 17.0 Å². The maximum absolute atomic E-state index is 11.3. The third kappa shape index (κ3) is 3.14. The summed E-state index contributed by atoms with van der Waals surface area (Å²) in [6.07, 6.45) is 0. The first-order chi connectivity index (χ1) is 10.6. The Morgan fingerprint density at radius 3 is 2.32 bits per heavy atom. The minimum atomic E-state index is 0.0279. The first-order valence-electron chi connectivity index (χ1n) is 6.65. The van der Waals surface area contributed by atoms with Gasteiger partial charge in [0.05, 0.1) is 5.70 Å². The van der Waals surface area contributed by atoms with E-state index < -0.39 is 0 Å². The molecule has 110 valence electrons. The van der Waals surface area contributed by atoms with Crippen LogP contribution in [0, 0.1) is 11.3 Å². The van der Waals surface area contributed by atoms with Gasteiger partial charge in [0.1, 0.15) is 6.07 Å². The Labute approximate surface area is 128 Å². The van der Waals surface area contributed by atoms with E-state index in [1.165, 1.54) is 6.92 Å². The molecule has 5 nitrogen and oxygen atoms in total. The second kappa shape index (κ2) is 6.57. The molecule has 0 aliphatic heterocycles. The van der Waals surface area contributed by atoms with Gasteiger partial charge in [0.25, 0.3) is 0 Å². The second-order valence-corrected chi connectivity index (χ2v) is 4.76. The molecule has 0 spiro atoms. The molecule has 5 N–H and O–H groups in total. The molecule has 0 saturated heterocycles. The highest BCUT2D eigenvalue weighted by Gasteiger charge is 2.07. The number of carbonyl (C=O) groups excluding carboxylic acids is 1. The molecule has 0 aliphatic rings. The number of nitrogens with one attached hydrogen (secondary N) is 1. The van der Waals surface area contributed by atoms with Crippen molar-refractivity contribution in [1.29, 1.82) is 5.26 Å². The van der Waals surface area contributed by atoms with Crippen molar-refractivity contribution in [3.8, 4) is 17.2 Å². The predicted molar refractivity (Wildman–Crippen MR) is 85.9 cm³/mol. The summed E-state index contributed by atoms with van der Waals surface area (Å²) in [6, 6.07) is 16.7. The Kier molecular flexibility index (Phi) is 4.57. The molecule has 2 aromatic rings. The van der Waals surface area contributed by atoms with Gasteiger partial charge in [-0.05, 0) is 24.1 Å². The molecule has 22 heavy (non-hydrogen) atoms. The lowest BCUT2D eigenvalue weighted by molar-refractivity contribution is 0.101. The van der Waals surface area contributed by atoms with E-state index in [2.05, 4.69) is 5.43 Å². The lowest BCUT2D eigenvalue weighted by Crippen LogP contribution is -2.23. The number of benzene rings is 2. The van der Waals surface area contributed by atoms with Crippen molar-refractivity contribution in [3.63, 3.8) is 0 Å². The zero-order valence-corrected chi connectivity index (χ0v) is 12.1. The van der Waals surface area contributed by atoms with Crippen LogP contribution in [0.4, 0.5) is 0 Å². The molecule has 0 aliphatic carbocycles. The van der Waals surface area contributed by atoms with E-state index in [4.69, 9.17) is 16.8 Å². The molecule has 0 aromatic heterocycles. The highest BCUT2D eigenvalue weighted by Crippen LogP contribution is 2.23. The fraction of sp³-hybridized carbons (Fsp3) is 0.0588. The summed E-state index contributed by atoms with van der Waals surface area (Å²) in [6.45, 7) is 1.53. The molecule has 0 unspecified atom stereocenters. The predicted octanol–water partition coefficient (Wildman–Crippen LogP) is 2.17. The number of nitriles is 1. The minimum absolute atomic E-state index is 0.0279. The monoisotopic (exact) mass is 292 g/mol. The van der Waals surface area contributed by atoms with Gasteiger partial charge in [0.2, 0.25) is 0 Å². The van der Waals surface area contributed by atoms with Crippen LogP contribution in [-0.4, -0.2) is 5.78 Å². The molecule has 0 bridgehead atoms. The number of hydrogen-bond donors (Lipinski definition) is 3. The maximum atomic E-state index is 11.3. The van der Waals surface area contributed by atoms with Crippen LogP contribution in [0.25, 0.3) is 16.8 Å². The van der Waals surface area contributed by atoms with Gasteiger partial charge in [-0.2, -0.15) is 5.26 Å². The Morgan fingerprint density at radius 1 is 1.09 bits per heavy atom. The fourth-order valence-electron chi connectivity index (χ4n) is 2.08. The van der Waals surface area contributed by atoms with E-state index in [1.807, 2.05) is 36.4 Å². The summed E-state index contributed by atoms with van der Waals surface area (Å²) in [7, 11) is 0. The molecule has 5 heteroatoms. The lowest BCUT2D eigenvalue weighted by Gasteiger charge is -2.08. The number of nitrogens with zero attached hydrogens (tertiary/aromatic N) is 1. The average Bonchev–Trinajstić information content (AvgIpc) is 2.56. The highest BCUT2D eigenvalue weighted by atomic mass is 16.1. The number of carbonyl (C=O) groups is 1. The van der Waals surface area contributed by atoms with Gasteiger partial charge in [-0.3, -0.25) is 4.79 Å². The molecular weight excluding hydrogens is 276 g/mol. The molecule has 0 heterocycles. The first-order valence-corrected chi connectivity index (χ1v) is 6.65. The molecule has 0 radical (unpaired) electrons. The summed E-state index contributed by atoms with van der Waals surface area (Å²) in [4.78, 5) is 11.3. The van der Waals surface area contributed by atoms with E-state index in [0.29, 0.717) is 11.1 Å². The molecule has 0 amide bonds. The van der Waals surface area contributed by atoms with Crippen molar-refractivity contribution in [1.82, 2.24) is 5.43 Å². The van der Waals surface area contributed by atoms with Crippen LogP contribution in [0.2, 0.25) is 0 Å². The van der Waals surface area contributed by atoms with Crippen molar-refractivity contribution < 1.29 is 4.79 Å². The minimum Gasteiger partial charge on any atom is -0.396 e. The SMILES string of the molecule is CC(=O)c1ccc(-c2cccc(/C(N)=C(\C#N)NN)c2)cc1. The van der Waals surface area contributed by atoms with E-state index in [9.17, 15) is 4.79 Å². The second-order valence-electron chi connectivity index (χ2n) is 4.76. The van der Waals surface area contributed by atoms with E-state index in [0.717, 1.165) is 11.1 Å². The standard InChI is InChI=1S/C17H16N4O/c1-11(22)12-5-7-13(8-6-12)14-3-2-4-15(9-14)17(19)16(10-18)21-20/h2-9,21H,19-20H2,1H3/b17-16-. The Balaban J connectivity index is 2.43. The number of hydrogen-bond acceptors (Lipinski definition) is 5. The Bertz CT molecular complexity index is 770. The third-order valence-electron chi connectivity index (χ3n) is 3.32. The van der Waals surface area contributed by atoms with Crippen molar-refractivity contribution in [3.05, 3.63) is 65.4 Å². The largest absolute Gasteiger partial charge is 0.396 e. The van der Waals surface area contributed by atoms with Crippen molar-refractivity contribution in [2.75, 3.05) is 0 Å². The van der Waals surface area contributed by atoms with Gasteiger partial charge < -0.3 is 11.2 Å². The summed E-state index contributed by atoms with van der Waals surface area (Å²) in [5, 5.41) is 8.96. The van der Waals surface area contributed by atoms with Crippen LogP contribution in [-0.2, 0) is 0 Å². The summed E-state index contributed by atoms with van der Waals surface area (Å²) >= 11 is 0. The van der Waals surface area contributed by atoms with Crippen molar-refractivity contribution in [2.45, 2.75) is 6.92 Å². The molecule has 0 saturated carbocycles. The van der Waals surface area contributed by atoms with E-state index >= 15 is 0 Å². The normalized spacial score (nSPS) is 11.3. The summed E-state index contributed by atoms with van der Waals surface area (Å²) in [5.74, 6) is 5.30. The highest BCUT2D eigenvalue weighted by molar-refractivity contribution is 5.94. The zero-order chi connectivity index (χ0) is 16.1. The molecule has 2 rings (SSSR count). The number of rotatable bonds is 4. The summed E-state index contributed by atoms with van der Waals surface area (Å²) < 4.78 is 0. The van der Waals surface area contributed by atoms with Crippen LogP contribution >= 0.6 is 0 Å². The number of allylic oxidation sites excluding steroid dienone is 1. The van der Waals surface area contributed by atoms with Crippen molar-refractivity contribution >= 4 is 11.5 Å². The smallest absolute Gasteiger partial charge is 0.159 e. The van der Waals surface area contributed by atoms with Gasteiger partial charge in [-0.15, -0.1) is 0 Å². The van der Waals surface area contributed by atoms with Gasteiger partial charge >= 0.3 is 0 Å². The van der Waals surface area contributed by atoms with Gasteiger partial charge in [-0.25, -0.2) is 5.84 Å². The fourth-order valence-corrected chi connectivity index (χ4v) is 2.08. The first kappa shape index (κ1) is 15.3. The molecule has 2 aromatic carbocycles. The van der Waals surface area contributed by atoms with Crippen LogP contribution in [0.5, 0.6) is 0 Å². The lowest BCUT2D eigenvalue weighted by atomic mass is 9.99. The van der Waals surface area contributed by atoms with Crippen LogP contribution in [0.15, 0.2) is 54.2 Å². The number of hydrazine groups is 1. The van der Waals surface area contributed by atoms with E-state index in [-0.39, 0.29) is 17.2 Å². The number of ketones is 1. The quantitative estimate of drug-likeness (QED) is 0.346. The number of nitrogens with two attached hydrogens (primary N) is 2. The van der Waals surface area contributed by atoms with Crippen LogP contribution in [0.3, 0.4) is 0 Å². The van der Waals surface area contributed by atoms with Gasteiger partial charge in [0.15, 0.2) is 11.5 Å².